The van der Waals surface area contributed by atoms with Crippen molar-refractivity contribution in [2.75, 3.05) is 0 Å². The molecule has 0 saturated carbocycles. The molecule has 4 nitrogen and oxygen atoms in total. The third kappa shape index (κ3) is 5.01. The van der Waals surface area contributed by atoms with Crippen molar-refractivity contribution in [3.05, 3.63) is 139 Å². The Morgan fingerprint density at radius 3 is 1.88 bits per heavy atom. The lowest BCUT2D eigenvalue weighted by Crippen LogP contribution is -2.49. The van der Waals surface area contributed by atoms with Gasteiger partial charge in [-0.15, -0.1) is 0 Å². The molecular formula is C32H21Cl4F3N2O2. The molecule has 1 saturated heterocycles. The van der Waals surface area contributed by atoms with Crippen molar-refractivity contribution < 1.29 is 23.1 Å². The number of carbonyl (C=O) groups is 1. The Balaban J connectivity index is 1.67. The van der Waals surface area contributed by atoms with Crippen molar-refractivity contribution in [1.82, 2.24) is 5.01 Å². The zero-order chi connectivity index (χ0) is 30.7. The third-order valence-electron chi connectivity index (χ3n) is 8.10. The van der Waals surface area contributed by atoms with Gasteiger partial charge in [-0.3, -0.25) is 9.80 Å². The summed E-state index contributed by atoms with van der Waals surface area (Å²) in [6.45, 7) is 0. The first-order chi connectivity index (χ1) is 20.4. The molecule has 0 aliphatic carbocycles. The molecule has 0 spiro atoms. The average Bonchev–Trinajstić information content (AvgIpc) is 3.51. The van der Waals surface area contributed by atoms with Gasteiger partial charge in [-0.25, -0.2) is 0 Å². The van der Waals surface area contributed by atoms with Crippen LogP contribution in [0.5, 0.6) is 0 Å². The highest BCUT2D eigenvalue weighted by atomic mass is 35.5. The summed E-state index contributed by atoms with van der Waals surface area (Å²) in [5.74, 6) is -3.39. The van der Waals surface area contributed by atoms with Gasteiger partial charge in [0.1, 0.15) is 5.60 Å². The van der Waals surface area contributed by atoms with Gasteiger partial charge in [0.15, 0.2) is 11.5 Å². The van der Waals surface area contributed by atoms with E-state index in [9.17, 15) is 23.1 Å². The number of carbonyl (C=O) groups excluding carboxylic acids is 1. The Morgan fingerprint density at radius 1 is 0.767 bits per heavy atom. The number of alkyl halides is 3. The minimum atomic E-state index is -4.84. The molecule has 0 aromatic heterocycles. The second-order valence-electron chi connectivity index (χ2n) is 10.5. The number of aliphatic hydroxyl groups is 1. The van der Waals surface area contributed by atoms with Crippen LogP contribution in [-0.4, -0.2) is 33.8 Å². The normalized spacial score (nSPS) is 25.0. The van der Waals surface area contributed by atoms with Crippen LogP contribution >= 0.6 is 46.4 Å². The second kappa shape index (κ2) is 11.1. The summed E-state index contributed by atoms with van der Waals surface area (Å²) in [6.07, 6.45) is -4.84. The first kappa shape index (κ1) is 30.0. The number of hydrogen-bond acceptors (Lipinski definition) is 4. The summed E-state index contributed by atoms with van der Waals surface area (Å²) in [5.41, 5.74) is -2.33. The highest BCUT2D eigenvalue weighted by Crippen LogP contribution is 2.61. The van der Waals surface area contributed by atoms with Crippen LogP contribution < -0.4 is 0 Å². The first-order valence-electron chi connectivity index (χ1n) is 13.1. The first-order valence-corrected chi connectivity index (χ1v) is 14.6. The van der Waals surface area contributed by atoms with Gasteiger partial charge in [-0.2, -0.15) is 18.3 Å². The molecule has 0 bridgehead atoms. The molecule has 0 radical (unpaired) electrons. The molecule has 11 heteroatoms. The maximum Gasteiger partial charge on any atom is 0.431 e. The molecule has 1 N–H and O–H groups in total. The van der Waals surface area contributed by atoms with Gasteiger partial charge >= 0.3 is 6.18 Å². The van der Waals surface area contributed by atoms with Crippen LogP contribution in [0.4, 0.5) is 13.2 Å². The van der Waals surface area contributed by atoms with E-state index in [1.165, 1.54) is 41.4 Å². The minimum absolute atomic E-state index is 0.0641. The summed E-state index contributed by atoms with van der Waals surface area (Å²) in [4.78, 5) is 14.6. The van der Waals surface area contributed by atoms with Crippen molar-refractivity contribution in [3.8, 4) is 0 Å². The summed E-state index contributed by atoms with van der Waals surface area (Å²) < 4.78 is 44.2. The standard InChI is InChI=1S/C32H21Cl4F3N2O2/c33-21-13-11-19(15-23(21)35)28(42)26-27(18-9-5-2-6-10-18)41-30(31(26,43)20-12-14-22(34)24(36)16-20)25(17-7-3-1-4-8-17)29(40-41)32(37,38)39/h1-16,25-27,30,43H/t25-,26?,27-,30?,31-/m1/s1. The predicted octanol–water partition coefficient (Wildman–Crippen LogP) is 9.13. The van der Waals surface area contributed by atoms with Crippen LogP contribution in [0.15, 0.2) is 102 Å². The van der Waals surface area contributed by atoms with Crippen molar-refractivity contribution in [1.29, 1.82) is 0 Å². The fourth-order valence-corrected chi connectivity index (χ4v) is 6.91. The molecule has 5 atom stereocenters. The number of nitrogens with zero attached hydrogens (tertiary/aromatic N) is 2. The molecule has 4 aromatic rings. The quantitative estimate of drug-likeness (QED) is 0.217. The molecule has 2 aliphatic heterocycles. The van der Waals surface area contributed by atoms with Crippen LogP contribution in [0.3, 0.4) is 0 Å². The van der Waals surface area contributed by atoms with Crippen molar-refractivity contribution in [2.45, 2.75) is 29.8 Å². The monoisotopic (exact) mass is 662 g/mol. The van der Waals surface area contributed by atoms with Gasteiger partial charge in [0.25, 0.3) is 0 Å². The largest absolute Gasteiger partial charge is 0.431 e. The molecule has 6 rings (SSSR count). The number of hydrogen-bond donors (Lipinski definition) is 1. The van der Waals surface area contributed by atoms with Crippen LogP contribution in [0.2, 0.25) is 20.1 Å². The Kier molecular flexibility index (Phi) is 7.76. The highest BCUT2D eigenvalue weighted by molar-refractivity contribution is 6.42. The number of halogens is 7. The highest BCUT2D eigenvalue weighted by Gasteiger charge is 2.69. The smallest absolute Gasteiger partial charge is 0.382 e. The minimum Gasteiger partial charge on any atom is -0.382 e. The summed E-state index contributed by atoms with van der Waals surface area (Å²) in [5, 5.41) is 19.0. The Bertz CT molecular complexity index is 1740. The van der Waals surface area contributed by atoms with Crippen LogP contribution in [0.1, 0.15) is 39.0 Å². The lowest BCUT2D eigenvalue weighted by atomic mass is 9.68. The van der Waals surface area contributed by atoms with E-state index in [0.717, 1.165) is 0 Å². The predicted molar refractivity (Wildman–Crippen MR) is 162 cm³/mol. The maximum absolute atomic E-state index is 14.7. The van der Waals surface area contributed by atoms with E-state index in [1.54, 1.807) is 60.7 Å². The number of ketones is 1. The molecule has 4 aromatic carbocycles. The van der Waals surface area contributed by atoms with E-state index in [1.807, 2.05) is 0 Å². The zero-order valence-corrected chi connectivity index (χ0v) is 25.0. The Hall–Kier alpha value is -3.07. The zero-order valence-electron chi connectivity index (χ0n) is 21.9. The number of Topliss-reactive ketones (excluding diaryl/α,β-unsaturated/α-hetero) is 1. The number of hydrazone groups is 1. The van der Waals surface area contributed by atoms with Crippen LogP contribution in [-0.2, 0) is 5.60 Å². The SMILES string of the molecule is O=C(c1ccc(Cl)c(Cl)c1)C1[C@@H](c2ccccc2)N2N=C(C(F)(F)F)[C@@H](c3ccccc3)C2[C@@]1(O)c1ccc(Cl)c(Cl)c1. The van der Waals surface area contributed by atoms with Crippen molar-refractivity contribution in [2.24, 2.45) is 11.0 Å². The molecule has 220 valence electrons. The van der Waals surface area contributed by atoms with Gasteiger partial charge in [0, 0.05) is 5.56 Å². The number of rotatable bonds is 5. The fourth-order valence-electron chi connectivity index (χ4n) is 6.32. The molecule has 0 amide bonds. The second-order valence-corrected chi connectivity index (χ2v) is 12.1. The van der Waals surface area contributed by atoms with Gasteiger partial charge in [0.2, 0.25) is 0 Å². The van der Waals surface area contributed by atoms with E-state index in [4.69, 9.17) is 46.4 Å². The topological polar surface area (TPSA) is 52.9 Å². The lowest BCUT2D eigenvalue weighted by Gasteiger charge is -2.37. The molecule has 2 heterocycles. The fraction of sp³-hybridized carbons (Fsp3) is 0.188. The maximum atomic E-state index is 14.7. The molecule has 2 aliphatic rings. The molecular weight excluding hydrogens is 643 g/mol. The van der Waals surface area contributed by atoms with E-state index >= 15 is 0 Å². The van der Waals surface area contributed by atoms with Gasteiger partial charge in [-0.1, -0.05) is 113 Å². The molecule has 43 heavy (non-hydrogen) atoms. The number of fused-ring (bicyclic) bond motifs is 1. The lowest BCUT2D eigenvalue weighted by molar-refractivity contribution is -0.0631. The van der Waals surface area contributed by atoms with Gasteiger partial charge < -0.3 is 5.11 Å². The number of benzene rings is 4. The summed E-state index contributed by atoms with van der Waals surface area (Å²) >= 11 is 25.0. The van der Waals surface area contributed by atoms with E-state index in [0.29, 0.717) is 5.56 Å². The average molecular weight is 664 g/mol. The molecule has 1 fully saturated rings. The van der Waals surface area contributed by atoms with Gasteiger partial charge in [0.05, 0.1) is 44.0 Å². The van der Waals surface area contributed by atoms with Crippen molar-refractivity contribution in [3.63, 3.8) is 0 Å². The van der Waals surface area contributed by atoms with Gasteiger partial charge in [-0.05, 0) is 47.0 Å². The van der Waals surface area contributed by atoms with Crippen LogP contribution in [0, 0.1) is 5.92 Å². The third-order valence-corrected chi connectivity index (χ3v) is 9.58. The van der Waals surface area contributed by atoms with E-state index in [-0.39, 0.29) is 36.8 Å². The van der Waals surface area contributed by atoms with E-state index in [2.05, 4.69) is 5.10 Å². The van der Waals surface area contributed by atoms with Crippen molar-refractivity contribution >= 4 is 57.9 Å². The Labute approximate surface area is 265 Å². The van der Waals surface area contributed by atoms with E-state index < -0.39 is 47.2 Å². The van der Waals surface area contributed by atoms with Crippen LogP contribution in [0.25, 0.3) is 0 Å². The molecule has 2 unspecified atom stereocenters. The Morgan fingerprint density at radius 2 is 1.33 bits per heavy atom. The summed E-state index contributed by atoms with van der Waals surface area (Å²) in [7, 11) is 0. The summed E-state index contributed by atoms with van der Waals surface area (Å²) in [6, 6.07) is 22.7.